The minimum absolute atomic E-state index is 0.0972. The third-order valence-electron chi connectivity index (χ3n) is 1.47. The average Bonchev–Trinajstić information content (AvgIpc) is 2.48. The van der Waals surface area contributed by atoms with Gasteiger partial charge in [-0.15, -0.1) is 10.2 Å². The summed E-state index contributed by atoms with van der Waals surface area (Å²) in [7, 11) is 0. The van der Waals surface area contributed by atoms with Crippen LogP contribution in [0.1, 0.15) is 30.6 Å². The van der Waals surface area contributed by atoms with E-state index in [4.69, 9.17) is 5.48 Å². The molecule has 0 bridgehead atoms. The first-order valence-corrected chi connectivity index (χ1v) is 3.34. The lowest BCUT2D eigenvalue weighted by Crippen LogP contribution is -1.98. The van der Waals surface area contributed by atoms with Crippen LogP contribution < -0.4 is 0 Å². The van der Waals surface area contributed by atoms with E-state index in [1.165, 1.54) is 10.9 Å². The maximum atomic E-state index is 7.72. The first kappa shape index (κ1) is 3.03. The summed E-state index contributed by atoms with van der Waals surface area (Å²) in [6.45, 7) is -1.57. The van der Waals surface area contributed by atoms with E-state index >= 15 is 0 Å². The molecule has 1 aliphatic heterocycles. The molecule has 0 aromatic carbocycles. The molecule has 0 saturated carbocycles. The van der Waals surface area contributed by atoms with E-state index in [1.807, 2.05) is 0 Å². The van der Waals surface area contributed by atoms with Gasteiger partial charge in [0, 0.05) is 18.4 Å². The van der Waals surface area contributed by atoms with Crippen molar-refractivity contribution in [1.29, 1.82) is 0 Å². The van der Waals surface area contributed by atoms with Crippen molar-refractivity contribution in [2.24, 2.45) is 0 Å². The van der Waals surface area contributed by atoms with Crippen molar-refractivity contribution in [2.75, 3.05) is 0 Å². The fourth-order valence-corrected chi connectivity index (χ4v) is 0.959. The van der Waals surface area contributed by atoms with Gasteiger partial charge in [0.1, 0.15) is 12.2 Å². The molecule has 0 saturated heterocycles. The van der Waals surface area contributed by atoms with Gasteiger partial charge in [0.15, 0.2) is 0 Å². The van der Waals surface area contributed by atoms with E-state index in [2.05, 4.69) is 10.2 Å². The Morgan fingerprint density at radius 2 is 2.50 bits per heavy atom. The van der Waals surface area contributed by atoms with Gasteiger partial charge < -0.3 is 4.57 Å². The van der Waals surface area contributed by atoms with E-state index < -0.39 is 12.9 Å². The van der Waals surface area contributed by atoms with Crippen molar-refractivity contribution < 1.29 is 5.48 Å². The van der Waals surface area contributed by atoms with Crippen molar-refractivity contribution in [3.8, 4) is 0 Å². The smallest absolute Gasteiger partial charge is 0.132 e. The van der Waals surface area contributed by atoms with Crippen LogP contribution in [0.4, 0.5) is 0 Å². The normalized spacial score (nSPS) is 34.0. The van der Waals surface area contributed by atoms with Gasteiger partial charge in [0.05, 0.1) is 0 Å². The summed E-state index contributed by atoms with van der Waals surface area (Å²) in [6.07, 6.45) is 0.810. The first-order chi connectivity index (χ1) is 6.43. The number of hydrogen-bond donors (Lipinski definition) is 0. The quantitative estimate of drug-likeness (QED) is 0.539. The molecular weight excluding hydrogens is 126 g/mol. The van der Waals surface area contributed by atoms with Crippen molar-refractivity contribution in [3.63, 3.8) is 0 Å². The molecular formula is C7H11N3. The largest absolute Gasteiger partial charge is 0.318 e. The Morgan fingerprint density at radius 3 is 3.50 bits per heavy atom. The highest BCUT2D eigenvalue weighted by molar-refractivity contribution is 4.87. The number of aromatic nitrogens is 3. The average molecular weight is 141 g/mol. The molecule has 0 radical (unpaired) electrons. The highest BCUT2D eigenvalue weighted by atomic mass is 15.3. The second-order valence-electron chi connectivity index (χ2n) is 2.21. The van der Waals surface area contributed by atoms with Crippen molar-refractivity contribution in [2.45, 2.75) is 32.1 Å². The summed E-state index contributed by atoms with van der Waals surface area (Å²) in [5.41, 5.74) is 0. The third-order valence-corrected chi connectivity index (χ3v) is 1.47. The zero-order chi connectivity index (χ0) is 10.4. The fourth-order valence-electron chi connectivity index (χ4n) is 0.959. The zero-order valence-electron chi connectivity index (χ0n) is 9.54. The second kappa shape index (κ2) is 2.40. The molecule has 10 heavy (non-hydrogen) atoms. The van der Waals surface area contributed by atoms with Crippen LogP contribution in [0, 0.1) is 0 Å². The van der Waals surface area contributed by atoms with Crippen LogP contribution >= 0.6 is 0 Å². The highest BCUT2D eigenvalue weighted by Crippen LogP contribution is 2.10. The van der Waals surface area contributed by atoms with E-state index in [0.29, 0.717) is 19.3 Å². The molecule has 3 heteroatoms. The van der Waals surface area contributed by atoms with Crippen molar-refractivity contribution in [1.82, 2.24) is 14.8 Å². The minimum atomic E-state index is -1.57. The molecule has 0 amide bonds. The molecule has 0 spiro atoms. The molecule has 0 N–H and O–H groups in total. The summed E-state index contributed by atoms with van der Waals surface area (Å²) >= 11 is 0. The standard InChI is InChI=1S/C7H11N3/c1-2-4-7-9-8-6-10(7)5-3-1/h6H,1-5H2/i4D2,5D2. The molecule has 0 fully saturated rings. The van der Waals surface area contributed by atoms with Crippen LogP contribution in [0.3, 0.4) is 0 Å². The van der Waals surface area contributed by atoms with Crippen LogP contribution in [-0.4, -0.2) is 14.8 Å². The predicted molar refractivity (Wildman–Crippen MR) is 37.6 cm³/mol. The Hall–Kier alpha value is -0.860. The maximum Gasteiger partial charge on any atom is 0.132 e. The molecule has 2 rings (SSSR count). The predicted octanol–water partition coefficient (Wildman–Crippen LogP) is 1.00. The van der Waals surface area contributed by atoms with Crippen LogP contribution in [0.5, 0.6) is 0 Å². The topological polar surface area (TPSA) is 30.7 Å². The van der Waals surface area contributed by atoms with Gasteiger partial charge in [0.25, 0.3) is 0 Å². The van der Waals surface area contributed by atoms with E-state index in [9.17, 15) is 0 Å². The van der Waals surface area contributed by atoms with Gasteiger partial charge in [-0.25, -0.2) is 0 Å². The van der Waals surface area contributed by atoms with E-state index in [0.717, 1.165) is 0 Å². The highest BCUT2D eigenvalue weighted by Gasteiger charge is 2.06. The Labute approximate surface area is 65.7 Å². The van der Waals surface area contributed by atoms with Gasteiger partial charge in [-0.2, -0.15) is 0 Å². The fraction of sp³-hybridized carbons (Fsp3) is 0.714. The van der Waals surface area contributed by atoms with E-state index in [1.54, 1.807) is 0 Å². The lowest BCUT2D eigenvalue weighted by molar-refractivity contribution is 0.632. The number of rotatable bonds is 0. The summed E-state index contributed by atoms with van der Waals surface area (Å²) in [4.78, 5) is 0. The van der Waals surface area contributed by atoms with Gasteiger partial charge in [-0.05, 0) is 12.8 Å². The minimum Gasteiger partial charge on any atom is -0.318 e. The first-order valence-electron chi connectivity index (χ1n) is 5.34. The SMILES string of the molecule is [2H]C1([2H])CCCC([2H])([2H])n2cnnc21. The summed E-state index contributed by atoms with van der Waals surface area (Å²) in [5, 5.41) is 7.23. The van der Waals surface area contributed by atoms with E-state index in [-0.39, 0.29) is 5.82 Å². The lowest BCUT2D eigenvalue weighted by atomic mass is 10.2. The maximum absolute atomic E-state index is 7.72. The number of nitrogens with zero attached hydrogens (tertiary/aromatic N) is 3. The van der Waals surface area contributed by atoms with Crippen LogP contribution in [0.15, 0.2) is 6.33 Å². The van der Waals surface area contributed by atoms with Gasteiger partial charge >= 0.3 is 0 Å². The molecule has 1 aliphatic rings. The summed E-state index contributed by atoms with van der Waals surface area (Å²) in [5.74, 6) is 0.0972. The van der Waals surface area contributed by atoms with Crippen molar-refractivity contribution >= 4 is 0 Å². The molecule has 2 heterocycles. The summed E-state index contributed by atoms with van der Waals surface area (Å²) < 4.78 is 32.1. The second-order valence-corrected chi connectivity index (χ2v) is 2.21. The molecule has 0 aliphatic carbocycles. The number of hydrogen-bond acceptors (Lipinski definition) is 2. The van der Waals surface area contributed by atoms with Crippen LogP contribution in [-0.2, 0) is 12.9 Å². The Bertz CT molecular complexity index is 316. The number of aryl methyl sites for hydroxylation is 2. The molecule has 0 unspecified atom stereocenters. The lowest BCUT2D eigenvalue weighted by Gasteiger charge is -1.97. The molecule has 0 atom stereocenters. The molecule has 1 aromatic rings. The van der Waals surface area contributed by atoms with Gasteiger partial charge in [-0.3, -0.25) is 0 Å². The Balaban J connectivity index is 2.55. The number of fused-ring (bicyclic) bond motifs is 1. The third kappa shape index (κ3) is 0.916. The summed E-state index contributed by atoms with van der Waals surface area (Å²) in [6, 6.07) is 0. The van der Waals surface area contributed by atoms with Gasteiger partial charge in [0.2, 0.25) is 0 Å². The zero-order valence-corrected chi connectivity index (χ0v) is 5.54. The van der Waals surface area contributed by atoms with Crippen LogP contribution in [0.2, 0.25) is 0 Å². The molecule has 3 nitrogen and oxygen atoms in total. The van der Waals surface area contributed by atoms with Gasteiger partial charge in [-0.1, -0.05) is 6.42 Å². The molecule has 54 valence electrons. The van der Waals surface area contributed by atoms with Crippen molar-refractivity contribution in [3.05, 3.63) is 12.2 Å². The Kier molecular flexibility index (Phi) is 0.728. The monoisotopic (exact) mass is 141 g/mol. The molecule has 1 aromatic heterocycles. The Morgan fingerprint density at radius 1 is 1.50 bits per heavy atom. The van der Waals surface area contributed by atoms with Crippen LogP contribution in [0.25, 0.3) is 0 Å².